The molecule has 1 aliphatic rings. The van der Waals surface area contributed by atoms with E-state index in [-0.39, 0.29) is 17.7 Å². The van der Waals surface area contributed by atoms with Gasteiger partial charge in [0.25, 0.3) is 5.91 Å². The van der Waals surface area contributed by atoms with Gasteiger partial charge in [0.2, 0.25) is 5.91 Å². The first-order chi connectivity index (χ1) is 11.5. The van der Waals surface area contributed by atoms with Crippen molar-refractivity contribution in [1.29, 1.82) is 0 Å². The van der Waals surface area contributed by atoms with Crippen LogP contribution in [0, 0.1) is 12.8 Å². The van der Waals surface area contributed by atoms with Gasteiger partial charge in [-0.2, -0.15) is 9.90 Å². The molecule has 0 aliphatic carbocycles. The van der Waals surface area contributed by atoms with Crippen molar-refractivity contribution in [2.24, 2.45) is 11.7 Å². The highest BCUT2D eigenvalue weighted by Gasteiger charge is 2.29. The van der Waals surface area contributed by atoms with E-state index < -0.39 is 0 Å². The summed E-state index contributed by atoms with van der Waals surface area (Å²) in [4.78, 5) is 27.0. The van der Waals surface area contributed by atoms with Gasteiger partial charge < -0.3 is 10.6 Å². The molecule has 2 heterocycles. The van der Waals surface area contributed by atoms with Gasteiger partial charge in [-0.15, -0.1) is 5.10 Å². The number of nitrogens with zero attached hydrogens (tertiary/aromatic N) is 4. The lowest BCUT2D eigenvalue weighted by Gasteiger charge is -2.30. The minimum atomic E-state index is -0.301. The van der Waals surface area contributed by atoms with E-state index in [4.69, 9.17) is 17.3 Å². The summed E-state index contributed by atoms with van der Waals surface area (Å²) < 4.78 is 0. The fourth-order valence-electron chi connectivity index (χ4n) is 2.81. The molecule has 0 spiro atoms. The highest BCUT2D eigenvalue weighted by atomic mass is 35.5. The molecule has 2 amide bonds. The zero-order chi connectivity index (χ0) is 17.3. The molecule has 1 saturated heterocycles. The summed E-state index contributed by atoms with van der Waals surface area (Å²) >= 11 is 5.98. The topological polar surface area (TPSA) is 94.1 Å². The lowest BCUT2D eigenvalue weighted by Crippen LogP contribution is -2.42. The molecule has 7 nitrogen and oxygen atoms in total. The van der Waals surface area contributed by atoms with Crippen molar-refractivity contribution >= 4 is 23.4 Å². The van der Waals surface area contributed by atoms with Crippen LogP contribution in [-0.2, 0) is 4.79 Å². The van der Waals surface area contributed by atoms with E-state index >= 15 is 0 Å². The molecular formula is C16H18ClN5O2. The molecule has 2 aromatic rings. The molecule has 0 unspecified atom stereocenters. The number of halogens is 1. The standard InChI is InChI=1S/C16H18ClN5O2/c1-10-14(16(24)21-7-5-11(6-8-21)15(18)23)20-22(19-10)13-4-2-3-12(17)9-13/h2-4,9,11H,5-8H2,1H3,(H2,18,23). The Morgan fingerprint density at radius 3 is 2.58 bits per heavy atom. The van der Waals surface area contributed by atoms with E-state index in [0.29, 0.717) is 48.0 Å². The van der Waals surface area contributed by atoms with Gasteiger partial charge in [-0.25, -0.2) is 0 Å². The Labute approximate surface area is 144 Å². The zero-order valence-corrected chi connectivity index (χ0v) is 14.0. The van der Waals surface area contributed by atoms with Crippen LogP contribution in [0.2, 0.25) is 5.02 Å². The van der Waals surface area contributed by atoms with Gasteiger partial charge in [-0.1, -0.05) is 17.7 Å². The summed E-state index contributed by atoms with van der Waals surface area (Å²) in [6, 6.07) is 7.11. The van der Waals surface area contributed by atoms with E-state index in [1.807, 2.05) is 6.07 Å². The Morgan fingerprint density at radius 2 is 1.96 bits per heavy atom. The minimum absolute atomic E-state index is 0.155. The summed E-state index contributed by atoms with van der Waals surface area (Å²) in [7, 11) is 0. The lowest BCUT2D eigenvalue weighted by molar-refractivity contribution is -0.123. The van der Waals surface area contributed by atoms with Crippen LogP contribution in [0.25, 0.3) is 5.69 Å². The normalized spacial score (nSPS) is 15.5. The second-order valence-electron chi connectivity index (χ2n) is 5.87. The van der Waals surface area contributed by atoms with Crippen LogP contribution in [0.1, 0.15) is 29.0 Å². The molecule has 0 saturated carbocycles. The summed E-state index contributed by atoms with van der Waals surface area (Å²) in [6.45, 7) is 2.74. The van der Waals surface area contributed by atoms with Crippen LogP contribution >= 0.6 is 11.6 Å². The average molecular weight is 348 g/mol. The predicted molar refractivity (Wildman–Crippen MR) is 88.9 cm³/mol. The number of carbonyl (C=O) groups is 2. The fraction of sp³-hybridized carbons (Fsp3) is 0.375. The number of piperidine rings is 1. The Hall–Kier alpha value is -2.41. The molecule has 126 valence electrons. The van der Waals surface area contributed by atoms with E-state index in [9.17, 15) is 9.59 Å². The number of likely N-dealkylation sites (tertiary alicyclic amines) is 1. The third-order valence-electron chi connectivity index (χ3n) is 4.21. The number of carbonyl (C=O) groups excluding carboxylic acids is 2. The third kappa shape index (κ3) is 3.26. The molecule has 0 radical (unpaired) electrons. The third-order valence-corrected chi connectivity index (χ3v) is 4.44. The van der Waals surface area contributed by atoms with Gasteiger partial charge in [-0.3, -0.25) is 9.59 Å². The molecule has 24 heavy (non-hydrogen) atoms. The second-order valence-corrected chi connectivity index (χ2v) is 6.31. The maximum Gasteiger partial charge on any atom is 0.276 e. The number of aryl methyl sites for hydroxylation is 1. The van der Waals surface area contributed by atoms with Crippen LogP contribution in [0.3, 0.4) is 0 Å². The first-order valence-corrected chi connectivity index (χ1v) is 8.12. The van der Waals surface area contributed by atoms with Gasteiger partial charge in [0, 0.05) is 24.0 Å². The van der Waals surface area contributed by atoms with Crippen LogP contribution in [0.5, 0.6) is 0 Å². The second kappa shape index (κ2) is 6.60. The van der Waals surface area contributed by atoms with Crippen molar-refractivity contribution in [2.45, 2.75) is 19.8 Å². The van der Waals surface area contributed by atoms with Crippen molar-refractivity contribution in [1.82, 2.24) is 19.9 Å². The summed E-state index contributed by atoms with van der Waals surface area (Å²) in [5.74, 6) is -0.633. The zero-order valence-electron chi connectivity index (χ0n) is 13.3. The smallest absolute Gasteiger partial charge is 0.276 e. The number of primary amides is 1. The van der Waals surface area contributed by atoms with Crippen molar-refractivity contribution < 1.29 is 9.59 Å². The first-order valence-electron chi connectivity index (χ1n) is 7.74. The van der Waals surface area contributed by atoms with Gasteiger partial charge in [0.05, 0.1) is 11.4 Å². The monoisotopic (exact) mass is 347 g/mol. The SMILES string of the molecule is Cc1nn(-c2cccc(Cl)c2)nc1C(=O)N1CCC(C(N)=O)CC1. The molecule has 1 fully saturated rings. The van der Waals surface area contributed by atoms with Crippen molar-refractivity contribution in [3.05, 3.63) is 40.7 Å². The predicted octanol–water partition coefficient (Wildman–Crippen LogP) is 1.57. The molecule has 2 N–H and O–H groups in total. The average Bonchev–Trinajstić information content (AvgIpc) is 2.96. The van der Waals surface area contributed by atoms with E-state index in [2.05, 4.69) is 10.2 Å². The van der Waals surface area contributed by atoms with Crippen LogP contribution in [-0.4, -0.2) is 44.8 Å². The maximum absolute atomic E-state index is 12.7. The number of benzene rings is 1. The molecule has 0 bridgehead atoms. The lowest BCUT2D eigenvalue weighted by atomic mass is 9.96. The van der Waals surface area contributed by atoms with Gasteiger partial charge in [0.1, 0.15) is 0 Å². The van der Waals surface area contributed by atoms with Crippen molar-refractivity contribution in [3.8, 4) is 5.69 Å². The number of amides is 2. The van der Waals surface area contributed by atoms with Gasteiger partial charge in [-0.05, 0) is 38.0 Å². The van der Waals surface area contributed by atoms with Gasteiger partial charge in [0.15, 0.2) is 5.69 Å². The van der Waals surface area contributed by atoms with E-state index in [0.717, 1.165) is 0 Å². The first kappa shape index (κ1) is 16.4. The maximum atomic E-state index is 12.7. The number of hydrogen-bond acceptors (Lipinski definition) is 4. The summed E-state index contributed by atoms with van der Waals surface area (Å²) in [5, 5.41) is 9.19. The Kier molecular flexibility index (Phi) is 4.53. The quantitative estimate of drug-likeness (QED) is 0.911. The molecule has 0 atom stereocenters. The number of rotatable bonds is 3. The minimum Gasteiger partial charge on any atom is -0.369 e. The van der Waals surface area contributed by atoms with Gasteiger partial charge >= 0.3 is 0 Å². The number of hydrogen-bond donors (Lipinski definition) is 1. The van der Waals surface area contributed by atoms with Crippen LogP contribution in [0.4, 0.5) is 0 Å². The molecular weight excluding hydrogens is 330 g/mol. The van der Waals surface area contributed by atoms with Crippen LogP contribution in [0.15, 0.2) is 24.3 Å². The van der Waals surface area contributed by atoms with E-state index in [1.54, 1.807) is 30.0 Å². The molecule has 1 aromatic heterocycles. The van der Waals surface area contributed by atoms with E-state index in [1.165, 1.54) is 4.80 Å². The Morgan fingerprint density at radius 1 is 1.25 bits per heavy atom. The highest BCUT2D eigenvalue weighted by molar-refractivity contribution is 6.30. The molecule has 8 heteroatoms. The number of aromatic nitrogens is 3. The van der Waals surface area contributed by atoms with Crippen molar-refractivity contribution in [2.75, 3.05) is 13.1 Å². The highest BCUT2D eigenvalue weighted by Crippen LogP contribution is 2.20. The van der Waals surface area contributed by atoms with Crippen LogP contribution < -0.4 is 5.73 Å². The molecule has 1 aliphatic heterocycles. The van der Waals surface area contributed by atoms with Crippen molar-refractivity contribution in [3.63, 3.8) is 0 Å². The largest absolute Gasteiger partial charge is 0.369 e. The number of nitrogens with two attached hydrogens (primary N) is 1. The molecule has 1 aromatic carbocycles. The Bertz CT molecular complexity index is 781. The summed E-state index contributed by atoms with van der Waals surface area (Å²) in [5.41, 5.74) is 6.88. The Balaban J connectivity index is 1.78. The molecule has 3 rings (SSSR count). The fourth-order valence-corrected chi connectivity index (χ4v) is 2.99. The summed E-state index contributed by atoms with van der Waals surface area (Å²) in [6.07, 6.45) is 1.17.